The summed E-state index contributed by atoms with van der Waals surface area (Å²) in [7, 11) is 3.17. The van der Waals surface area contributed by atoms with E-state index in [2.05, 4.69) is 10.4 Å². The van der Waals surface area contributed by atoms with Crippen LogP contribution in [0.3, 0.4) is 0 Å². The minimum atomic E-state index is -0.308. The van der Waals surface area contributed by atoms with E-state index in [1.807, 2.05) is 25.1 Å². The SMILES string of the molecule is COc1ccc(OC)c(C(C)NC(=O)c2ccn(COc3ccccc3Cl)n2)c1. The zero-order chi connectivity index (χ0) is 20.8. The summed E-state index contributed by atoms with van der Waals surface area (Å²) in [6.45, 7) is 2.00. The molecule has 2 aromatic carbocycles. The Labute approximate surface area is 174 Å². The normalized spacial score (nSPS) is 11.6. The third kappa shape index (κ3) is 5.00. The van der Waals surface area contributed by atoms with Crippen molar-refractivity contribution < 1.29 is 19.0 Å². The van der Waals surface area contributed by atoms with Crippen molar-refractivity contribution in [3.63, 3.8) is 0 Å². The molecule has 1 unspecified atom stereocenters. The van der Waals surface area contributed by atoms with Gasteiger partial charge in [-0.15, -0.1) is 0 Å². The molecule has 0 aliphatic rings. The van der Waals surface area contributed by atoms with E-state index >= 15 is 0 Å². The largest absolute Gasteiger partial charge is 0.497 e. The molecule has 0 spiro atoms. The third-order valence-electron chi connectivity index (χ3n) is 4.31. The molecule has 1 heterocycles. The van der Waals surface area contributed by atoms with Crippen LogP contribution in [0.5, 0.6) is 17.2 Å². The first-order chi connectivity index (χ1) is 14.0. The Morgan fingerprint density at radius 2 is 1.93 bits per heavy atom. The maximum atomic E-state index is 12.6. The second kappa shape index (κ2) is 9.34. The lowest BCUT2D eigenvalue weighted by Crippen LogP contribution is -2.27. The molecule has 0 aliphatic heterocycles. The summed E-state index contributed by atoms with van der Waals surface area (Å²) < 4.78 is 17.8. The molecule has 29 heavy (non-hydrogen) atoms. The lowest BCUT2D eigenvalue weighted by Gasteiger charge is -2.17. The Balaban J connectivity index is 1.65. The van der Waals surface area contributed by atoms with Gasteiger partial charge < -0.3 is 19.5 Å². The lowest BCUT2D eigenvalue weighted by molar-refractivity contribution is 0.0932. The van der Waals surface area contributed by atoms with Gasteiger partial charge in [0.2, 0.25) is 0 Å². The quantitative estimate of drug-likeness (QED) is 0.600. The van der Waals surface area contributed by atoms with Gasteiger partial charge in [0.1, 0.15) is 22.9 Å². The van der Waals surface area contributed by atoms with Gasteiger partial charge in [0.05, 0.1) is 25.3 Å². The molecule has 0 fully saturated rings. The van der Waals surface area contributed by atoms with Crippen LogP contribution >= 0.6 is 11.6 Å². The number of hydrogen-bond donors (Lipinski definition) is 1. The van der Waals surface area contributed by atoms with Gasteiger partial charge in [-0.2, -0.15) is 5.10 Å². The molecule has 0 saturated carbocycles. The third-order valence-corrected chi connectivity index (χ3v) is 4.63. The fraction of sp³-hybridized carbons (Fsp3) is 0.238. The molecule has 152 valence electrons. The van der Waals surface area contributed by atoms with Gasteiger partial charge >= 0.3 is 0 Å². The van der Waals surface area contributed by atoms with Gasteiger partial charge in [-0.05, 0) is 43.3 Å². The Morgan fingerprint density at radius 1 is 1.14 bits per heavy atom. The van der Waals surface area contributed by atoms with Crippen molar-refractivity contribution in [3.8, 4) is 17.2 Å². The van der Waals surface area contributed by atoms with Gasteiger partial charge in [0.15, 0.2) is 6.73 Å². The van der Waals surface area contributed by atoms with Gasteiger partial charge in [-0.25, -0.2) is 4.68 Å². The number of amides is 1. The number of ether oxygens (including phenoxy) is 3. The summed E-state index contributed by atoms with van der Waals surface area (Å²) in [5.41, 5.74) is 1.09. The van der Waals surface area contributed by atoms with Crippen molar-refractivity contribution in [2.24, 2.45) is 0 Å². The lowest BCUT2D eigenvalue weighted by atomic mass is 10.1. The fourth-order valence-electron chi connectivity index (χ4n) is 2.78. The predicted molar refractivity (Wildman–Crippen MR) is 110 cm³/mol. The number of halogens is 1. The predicted octanol–water partition coefficient (Wildman–Crippen LogP) is 4.08. The minimum Gasteiger partial charge on any atom is -0.497 e. The van der Waals surface area contributed by atoms with Crippen LogP contribution < -0.4 is 19.5 Å². The number of methoxy groups -OCH3 is 2. The monoisotopic (exact) mass is 415 g/mol. The molecular weight excluding hydrogens is 394 g/mol. The number of rotatable bonds is 8. The summed E-state index contributed by atoms with van der Waals surface area (Å²) in [6.07, 6.45) is 1.67. The molecular formula is C21H22ClN3O4. The van der Waals surface area contributed by atoms with Crippen molar-refractivity contribution in [2.45, 2.75) is 19.7 Å². The minimum absolute atomic E-state index is 0.135. The highest BCUT2D eigenvalue weighted by atomic mass is 35.5. The highest BCUT2D eigenvalue weighted by Gasteiger charge is 2.18. The van der Waals surface area contributed by atoms with Crippen LogP contribution in [0.4, 0.5) is 0 Å². The number of benzene rings is 2. The van der Waals surface area contributed by atoms with E-state index in [1.165, 1.54) is 4.68 Å². The molecule has 7 nitrogen and oxygen atoms in total. The van der Waals surface area contributed by atoms with E-state index in [9.17, 15) is 4.79 Å². The second-order valence-corrected chi connectivity index (χ2v) is 6.65. The number of carbonyl (C=O) groups excluding carboxylic acids is 1. The summed E-state index contributed by atoms with van der Waals surface area (Å²) in [6, 6.07) is 13.9. The second-order valence-electron chi connectivity index (χ2n) is 6.25. The summed E-state index contributed by atoms with van der Waals surface area (Å²) in [5, 5.41) is 7.69. The van der Waals surface area contributed by atoms with Crippen LogP contribution in [0, 0.1) is 0 Å². The number of nitrogens with one attached hydrogen (secondary N) is 1. The first kappa shape index (κ1) is 20.5. The van der Waals surface area contributed by atoms with E-state index in [-0.39, 0.29) is 24.4 Å². The highest BCUT2D eigenvalue weighted by molar-refractivity contribution is 6.32. The van der Waals surface area contributed by atoms with E-state index in [4.69, 9.17) is 25.8 Å². The zero-order valence-electron chi connectivity index (χ0n) is 16.4. The Morgan fingerprint density at radius 3 is 2.66 bits per heavy atom. The number of para-hydroxylation sites is 1. The van der Waals surface area contributed by atoms with E-state index < -0.39 is 0 Å². The van der Waals surface area contributed by atoms with E-state index in [0.29, 0.717) is 22.3 Å². The van der Waals surface area contributed by atoms with Crippen LogP contribution in [-0.2, 0) is 6.73 Å². The standard InChI is InChI=1S/C21H22ClN3O4/c1-14(16-12-15(27-2)8-9-19(16)28-3)23-21(26)18-10-11-25(24-18)13-29-20-7-5-4-6-17(20)22/h4-12,14H,13H2,1-3H3,(H,23,26). The molecule has 0 bridgehead atoms. The van der Waals surface area contributed by atoms with Crippen LogP contribution in [0.15, 0.2) is 54.7 Å². The summed E-state index contributed by atoms with van der Waals surface area (Å²) in [4.78, 5) is 12.6. The first-order valence-corrected chi connectivity index (χ1v) is 9.33. The molecule has 3 rings (SSSR count). The Kier molecular flexibility index (Phi) is 6.61. The summed E-state index contributed by atoms with van der Waals surface area (Å²) in [5.74, 6) is 1.59. The van der Waals surface area contributed by atoms with Crippen molar-refractivity contribution in [1.29, 1.82) is 0 Å². The zero-order valence-corrected chi connectivity index (χ0v) is 17.1. The Bertz CT molecular complexity index is 990. The average Bonchev–Trinajstić information content (AvgIpc) is 3.22. The molecule has 0 aliphatic carbocycles. The van der Waals surface area contributed by atoms with Gasteiger partial charge in [0, 0.05) is 11.8 Å². The molecule has 1 aromatic heterocycles. The molecule has 3 aromatic rings. The topological polar surface area (TPSA) is 74.6 Å². The molecule has 0 saturated heterocycles. The van der Waals surface area contributed by atoms with Gasteiger partial charge in [0.25, 0.3) is 5.91 Å². The first-order valence-electron chi connectivity index (χ1n) is 8.95. The molecule has 1 N–H and O–H groups in total. The van der Waals surface area contributed by atoms with Crippen LogP contribution in [0.25, 0.3) is 0 Å². The van der Waals surface area contributed by atoms with Crippen molar-refractivity contribution >= 4 is 17.5 Å². The number of carbonyl (C=O) groups is 1. The van der Waals surface area contributed by atoms with Gasteiger partial charge in [-0.3, -0.25) is 4.79 Å². The molecule has 1 amide bonds. The fourth-order valence-corrected chi connectivity index (χ4v) is 2.97. The maximum Gasteiger partial charge on any atom is 0.272 e. The van der Waals surface area contributed by atoms with Crippen molar-refractivity contribution in [2.75, 3.05) is 14.2 Å². The highest BCUT2D eigenvalue weighted by Crippen LogP contribution is 2.29. The van der Waals surface area contributed by atoms with Gasteiger partial charge in [-0.1, -0.05) is 23.7 Å². The summed E-state index contributed by atoms with van der Waals surface area (Å²) >= 11 is 6.07. The van der Waals surface area contributed by atoms with Crippen LogP contribution in [0.1, 0.15) is 29.0 Å². The Hall–Kier alpha value is -3.19. The smallest absolute Gasteiger partial charge is 0.272 e. The molecule has 0 radical (unpaired) electrons. The van der Waals surface area contributed by atoms with E-state index in [1.54, 1.807) is 50.7 Å². The average molecular weight is 416 g/mol. The van der Waals surface area contributed by atoms with E-state index in [0.717, 1.165) is 5.56 Å². The van der Waals surface area contributed by atoms with Crippen molar-refractivity contribution in [3.05, 3.63) is 71.0 Å². The van der Waals surface area contributed by atoms with Crippen LogP contribution in [0.2, 0.25) is 5.02 Å². The number of aromatic nitrogens is 2. The van der Waals surface area contributed by atoms with Crippen molar-refractivity contribution in [1.82, 2.24) is 15.1 Å². The molecule has 8 heteroatoms. The molecule has 1 atom stereocenters. The van der Waals surface area contributed by atoms with Crippen LogP contribution in [-0.4, -0.2) is 29.9 Å². The number of nitrogens with zero attached hydrogens (tertiary/aromatic N) is 2. The maximum absolute atomic E-state index is 12.6. The number of hydrogen-bond acceptors (Lipinski definition) is 5.